The fraction of sp³-hybridized carbons (Fsp3) is 0.579. The Morgan fingerprint density at radius 1 is 1.24 bits per heavy atom. The highest BCUT2D eigenvalue weighted by molar-refractivity contribution is 5.29. The molecule has 2 aromatic rings. The van der Waals surface area contributed by atoms with E-state index in [0.717, 1.165) is 50.0 Å². The van der Waals surface area contributed by atoms with Gasteiger partial charge < -0.3 is 14.9 Å². The van der Waals surface area contributed by atoms with Crippen LogP contribution in [0, 0.1) is 5.92 Å². The van der Waals surface area contributed by atoms with Crippen LogP contribution < -0.4 is 0 Å². The summed E-state index contributed by atoms with van der Waals surface area (Å²) in [6, 6.07) is 10.1. The molecule has 25 heavy (non-hydrogen) atoms. The van der Waals surface area contributed by atoms with E-state index in [1.165, 1.54) is 12.8 Å². The van der Waals surface area contributed by atoms with Crippen molar-refractivity contribution in [2.45, 2.75) is 32.4 Å². The molecule has 1 aliphatic heterocycles. The number of β-amino-alcohol motifs (C(OH)–C–C–N with tert-alkyl or cyclic N) is 1. The number of aliphatic hydroxyl groups excluding tert-OH is 1. The smallest absolute Gasteiger partial charge is 0.0971 e. The molecule has 1 atom stereocenters. The van der Waals surface area contributed by atoms with Crippen molar-refractivity contribution in [1.82, 2.24) is 24.8 Å². The molecule has 0 bridgehead atoms. The fourth-order valence-corrected chi connectivity index (χ4v) is 3.58. The molecule has 1 saturated heterocycles. The van der Waals surface area contributed by atoms with E-state index < -0.39 is 0 Å². The van der Waals surface area contributed by atoms with Gasteiger partial charge in [0.15, 0.2) is 0 Å². The molecule has 1 N–H and O–H groups in total. The molecular formula is C19H29N5O. The quantitative estimate of drug-likeness (QED) is 0.831. The van der Waals surface area contributed by atoms with Crippen molar-refractivity contribution in [2.24, 2.45) is 5.92 Å². The maximum absolute atomic E-state index is 9.50. The highest BCUT2D eigenvalue weighted by Gasteiger charge is 2.21. The Morgan fingerprint density at radius 3 is 2.64 bits per heavy atom. The van der Waals surface area contributed by atoms with Crippen LogP contribution in [0.1, 0.15) is 25.5 Å². The second kappa shape index (κ2) is 8.56. The lowest BCUT2D eigenvalue weighted by molar-refractivity contribution is 0.0918. The van der Waals surface area contributed by atoms with Crippen molar-refractivity contribution in [1.29, 1.82) is 0 Å². The lowest BCUT2D eigenvalue weighted by atomic mass is 9.96. The van der Waals surface area contributed by atoms with Gasteiger partial charge in [-0.3, -0.25) is 0 Å². The summed E-state index contributed by atoms with van der Waals surface area (Å²) in [6.45, 7) is 6.75. The molecule has 136 valence electrons. The van der Waals surface area contributed by atoms with Crippen LogP contribution in [0.4, 0.5) is 0 Å². The number of benzene rings is 1. The molecule has 2 heterocycles. The number of hydrogen-bond acceptors (Lipinski definition) is 5. The lowest BCUT2D eigenvalue weighted by Crippen LogP contribution is -2.40. The Labute approximate surface area is 150 Å². The van der Waals surface area contributed by atoms with Gasteiger partial charge in [-0.1, -0.05) is 23.4 Å². The molecule has 1 aromatic heterocycles. The zero-order valence-electron chi connectivity index (χ0n) is 15.3. The number of likely N-dealkylation sites (tertiary alicyclic amines) is 1. The van der Waals surface area contributed by atoms with Gasteiger partial charge in [-0.2, -0.15) is 0 Å². The van der Waals surface area contributed by atoms with Gasteiger partial charge >= 0.3 is 0 Å². The van der Waals surface area contributed by atoms with Gasteiger partial charge in [-0.15, -0.1) is 5.10 Å². The number of aromatic nitrogens is 3. The SMILES string of the molecule is CC(O)CN1CCC(CN(C)Cc2cn(-c3ccccc3)nn2)CC1. The summed E-state index contributed by atoms with van der Waals surface area (Å²) in [5.74, 6) is 0.722. The van der Waals surface area contributed by atoms with E-state index in [0.29, 0.717) is 0 Å². The number of rotatable bonds is 7. The number of piperidine rings is 1. The predicted octanol–water partition coefficient (Wildman–Crippen LogP) is 1.79. The zero-order chi connectivity index (χ0) is 17.6. The first-order valence-corrected chi connectivity index (χ1v) is 9.16. The predicted molar refractivity (Wildman–Crippen MR) is 98.5 cm³/mol. The van der Waals surface area contributed by atoms with E-state index in [1.807, 2.05) is 48.1 Å². The first-order valence-electron chi connectivity index (χ1n) is 9.16. The summed E-state index contributed by atoms with van der Waals surface area (Å²) in [4.78, 5) is 4.71. The third-order valence-corrected chi connectivity index (χ3v) is 4.79. The van der Waals surface area contributed by atoms with Gasteiger partial charge in [-0.05, 0) is 58.0 Å². The van der Waals surface area contributed by atoms with Gasteiger partial charge in [0.1, 0.15) is 0 Å². The summed E-state index contributed by atoms with van der Waals surface area (Å²) < 4.78 is 1.83. The Morgan fingerprint density at radius 2 is 1.96 bits per heavy atom. The van der Waals surface area contributed by atoms with Crippen molar-refractivity contribution in [3.63, 3.8) is 0 Å². The van der Waals surface area contributed by atoms with Crippen LogP contribution in [0.25, 0.3) is 5.69 Å². The van der Waals surface area contributed by atoms with E-state index in [2.05, 4.69) is 27.2 Å². The van der Waals surface area contributed by atoms with E-state index >= 15 is 0 Å². The molecule has 0 aliphatic carbocycles. The highest BCUT2D eigenvalue weighted by Crippen LogP contribution is 2.19. The molecule has 0 spiro atoms. The molecule has 1 aromatic carbocycles. The normalized spacial score (nSPS) is 17.9. The standard InChI is InChI=1S/C19H29N5O/c1-16(25)12-23-10-8-17(9-11-23)13-22(2)14-18-15-24(21-20-18)19-6-4-3-5-7-19/h3-7,15-17,25H,8-14H2,1-2H3. The van der Waals surface area contributed by atoms with E-state index in [4.69, 9.17) is 0 Å². The first kappa shape index (κ1) is 18.0. The summed E-state index contributed by atoms with van der Waals surface area (Å²) in [5, 5.41) is 18.0. The number of hydrogen-bond donors (Lipinski definition) is 1. The second-order valence-electron chi connectivity index (χ2n) is 7.28. The maximum Gasteiger partial charge on any atom is 0.0971 e. The molecule has 0 amide bonds. The molecule has 6 heteroatoms. The topological polar surface area (TPSA) is 57.4 Å². The minimum Gasteiger partial charge on any atom is -0.392 e. The van der Waals surface area contributed by atoms with Crippen LogP contribution in [-0.2, 0) is 6.54 Å². The van der Waals surface area contributed by atoms with E-state index in [9.17, 15) is 5.11 Å². The lowest BCUT2D eigenvalue weighted by Gasteiger charge is -2.34. The third kappa shape index (κ3) is 5.36. The van der Waals surface area contributed by atoms with Gasteiger partial charge in [0.2, 0.25) is 0 Å². The number of aliphatic hydroxyl groups is 1. The molecule has 1 aliphatic rings. The number of para-hydroxylation sites is 1. The molecule has 1 unspecified atom stereocenters. The molecule has 3 rings (SSSR count). The monoisotopic (exact) mass is 343 g/mol. The fourth-order valence-electron chi connectivity index (χ4n) is 3.58. The van der Waals surface area contributed by atoms with E-state index in [-0.39, 0.29) is 6.10 Å². The summed E-state index contributed by atoms with van der Waals surface area (Å²) in [5.41, 5.74) is 2.03. The average molecular weight is 343 g/mol. The van der Waals surface area contributed by atoms with Crippen molar-refractivity contribution in [3.05, 3.63) is 42.2 Å². The minimum absolute atomic E-state index is 0.230. The molecule has 0 radical (unpaired) electrons. The van der Waals surface area contributed by atoms with Crippen molar-refractivity contribution < 1.29 is 5.11 Å². The Hall–Kier alpha value is -1.76. The van der Waals surface area contributed by atoms with Crippen LogP contribution in [0.5, 0.6) is 0 Å². The van der Waals surface area contributed by atoms with Crippen LogP contribution in [0.3, 0.4) is 0 Å². The third-order valence-electron chi connectivity index (χ3n) is 4.79. The summed E-state index contributed by atoms with van der Waals surface area (Å²) in [7, 11) is 2.16. The highest BCUT2D eigenvalue weighted by atomic mass is 16.3. The minimum atomic E-state index is -0.230. The summed E-state index contributed by atoms with van der Waals surface area (Å²) >= 11 is 0. The van der Waals surface area contributed by atoms with Crippen LogP contribution in [0.15, 0.2) is 36.5 Å². The van der Waals surface area contributed by atoms with Crippen molar-refractivity contribution in [2.75, 3.05) is 33.2 Å². The second-order valence-corrected chi connectivity index (χ2v) is 7.28. The van der Waals surface area contributed by atoms with Crippen molar-refractivity contribution in [3.8, 4) is 5.69 Å². The van der Waals surface area contributed by atoms with Crippen LogP contribution in [0.2, 0.25) is 0 Å². The Balaban J connectivity index is 1.46. The van der Waals surface area contributed by atoms with Crippen LogP contribution in [-0.4, -0.2) is 69.2 Å². The Bertz CT molecular complexity index is 634. The molecular weight excluding hydrogens is 314 g/mol. The van der Waals surface area contributed by atoms with Gasteiger partial charge in [0.25, 0.3) is 0 Å². The first-order chi connectivity index (χ1) is 12.1. The van der Waals surface area contributed by atoms with Gasteiger partial charge in [-0.25, -0.2) is 4.68 Å². The van der Waals surface area contributed by atoms with Gasteiger partial charge in [0, 0.05) is 19.6 Å². The number of nitrogens with zero attached hydrogens (tertiary/aromatic N) is 5. The largest absolute Gasteiger partial charge is 0.392 e. The van der Waals surface area contributed by atoms with Gasteiger partial charge in [0.05, 0.1) is 23.7 Å². The van der Waals surface area contributed by atoms with Crippen molar-refractivity contribution >= 4 is 0 Å². The Kier molecular flexibility index (Phi) is 6.18. The molecule has 6 nitrogen and oxygen atoms in total. The van der Waals surface area contributed by atoms with Crippen LogP contribution >= 0.6 is 0 Å². The average Bonchev–Trinajstić information content (AvgIpc) is 3.05. The maximum atomic E-state index is 9.50. The summed E-state index contributed by atoms with van der Waals surface area (Å²) in [6.07, 6.45) is 4.19. The van der Waals surface area contributed by atoms with E-state index in [1.54, 1.807) is 0 Å². The zero-order valence-corrected chi connectivity index (χ0v) is 15.3. The molecule has 1 fully saturated rings. The molecule has 0 saturated carbocycles.